The van der Waals surface area contributed by atoms with Gasteiger partial charge in [-0.05, 0) is 22.9 Å². The summed E-state index contributed by atoms with van der Waals surface area (Å²) in [5, 5.41) is 0.851. The molecule has 71 valence electrons. The van der Waals surface area contributed by atoms with Gasteiger partial charge >= 0.3 is 6.43 Å². The third kappa shape index (κ3) is 1.45. The largest absolute Gasteiger partial charge is 0.340 e. The molecule has 0 atom stereocenters. The molecule has 2 rings (SSSR count). The van der Waals surface area contributed by atoms with Crippen molar-refractivity contribution in [2.75, 3.05) is 0 Å². The Labute approximate surface area is 79.0 Å². The van der Waals surface area contributed by atoms with Crippen LogP contribution in [0.25, 0.3) is 10.8 Å². The molecule has 0 unspecified atom stereocenters. The van der Waals surface area contributed by atoms with E-state index < -0.39 is 12.2 Å². The second-order valence-corrected chi connectivity index (χ2v) is 2.93. The van der Waals surface area contributed by atoms with Crippen LogP contribution in [0.2, 0.25) is 0 Å². The molecule has 0 nitrogen and oxygen atoms in total. The molecule has 0 amide bonds. The maximum absolute atomic E-state index is 12.8. The predicted molar refractivity (Wildman–Crippen MR) is 48.5 cm³/mol. The number of hydrogen-bond donors (Lipinski definition) is 0. The first kappa shape index (κ1) is 9.06. The summed E-state index contributed by atoms with van der Waals surface area (Å²) < 4.78 is 37.6. The Morgan fingerprint density at radius 2 is 1.79 bits per heavy atom. The normalized spacial score (nSPS) is 11.1. The van der Waals surface area contributed by atoms with Gasteiger partial charge in [-0.25, -0.2) is 4.39 Å². The van der Waals surface area contributed by atoms with E-state index in [1.54, 1.807) is 6.07 Å². The molecule has 2 aromatic carbocycles. The fraction of sp³-hybridized carbons (Fsp3) is 0. The third-order valence-electron chi connectivity index (χ3n) is 2.05. The summed E-state index contributed by atoms with van der Waals surface area (Å²) in [5.41, 5.74) is -0.137. The lowest BCUT2D eigenvalue weighted by atomic mass is 10.0. The van der Waals surface area contributed by atoms with E-state index in [-0.39, 0.29) is 5.56 Å². The molecule has 0 fully saturated rings. The highest BCUT2D eigenvalue weighted by atomic mass is 19.3. The highest BCUT2D eigenvalue weighted by Gasteiger charge is 2.12. The molecule has 0 aromatic heterocycles. The third-order valence-corrected chi connectivity index (χ3v) is 2.05. The average molecular weight is 195 g/mol. The minimum atomic E-state index is -1.75. The van der Waals surface area contributed by atoms with Crippen LogP contribution < -0.4 is 0 Å². The highest BCUT2D eigenvalue weighted by Crippen LogP contribution is 2.27. The topological polar surface area (TPSA) is 0 Å². The molecule has 3 heteroatoms. The molecule has 0 aliphatic heterocycles. The van der Waals surface area contributed by atoms with Crippen molar-refractivity contribution in [3.8, 4) is 0 Å². The second-order valence-electron chi connectivity index (χ2n) is 2.93. The number of hydrogen-bond acceptors (Lipinski definition) is 0. The summed E-state index contributed by atoms with van der Waals surface area (Å²) in [7, 11) is 0. The summed E-state index contributed by atoms with van der Waals surface area (Å²) in [6.45, 7) is 0. The molecule has 0 bridgehead atoms. The van der Waals surface area contributed by atoms with Crippen LogP contribution in [0.3, 0.4) is 0 Å². The Morgan fingerprint density at radius 3 is 2.50 bits per heavy atom. The van der Waals surface area contributed by atoms with Gasteiger partial charge in [0.15, 0.2) is 0 Å². The lowest BCUT2D eigenvalue weighted by Gasteiger charge is -2.03. The van der Waals surface area contributed by atoms with Crippen LogP contribution in [-0.4, -0.2) is 0 Å². The van der Waals surface area contributed by atoms with Crippen molar-refractivity contribution in [2.24, 2.45) is 0 Å². The van der Waals surface area contributed by atoms with Gasteiger partial charge in [-0.15, -0.1) is 0 Å². The van der Waals surface area contributed by atoms with Crippen LogP contribution in [-0.2, 0) is 0 Å². The van der Waals surface area contributed by atoms with E-state index in [4.69, 9.17) is 0 Å². The Kier molecular flexibility index (Phi) is 2.15. The molecular weight excluding hydrogens is 189 g/mol. The van der Waals surface area contributed by atoms with Crippen LogP contribution in [0.5, 0.6) is 0 Å². The SMILES string of the molecule is F[C](F)c1cccc2cc(F)ccc12. The maximum atomic E-state index is 12.8. The van der Waals surface area contributed by atoms with Gasteiger partial charge in [-0.1, -0.05) is 24.3 Å². The minimum Gasteiger partial charge on any atom is -0.207 e. The number of fused-ring (bicyclic) bond motifs is 1. The lowest BCUT2D eigenvalue weighted by Crippen LogP contribution is -1.87. The zero-order chi connectivity index (χ0) is 10.1. The van der Waals surface area contributed by atoms with E-state index >= 15 is 0 Å². The lowest BCUT2D eigenvalue weighted by molar-refractivity contribution is 0.326. The Hall–Kier alpha value is -1.51. The highest BCUT2D eigenvalue weighted by molar-refractivity contribution is 5.86. The predicted octanol–water partition coefficient (Wildman–Crippen LogP) is 3.76. The Bertz CT molecular complexity index is 463. The first-order valence-corrected chi connectivity index (χ1v) is 4.05. The van der Waals surface area contributed by atoms with Gasteiger partial charge in [0.05, 0.1) is 0 Å². The van der Waals surface area contributed by atoms with Crippen molar-refractivity contribution < 1.29 is 13.2 Å². The molecule has 0 saturated heterocycles. The van der Waals surface area contributed by atoms with Gasteiger partial charge in [-0.3, -0.25) is 0 Å². The molecule has 1 radical (unpaired) electrons. The quantitative estimate of drug-likeness (QED) is 0.650. The van der Waals surface area contributed by atoms with Gasteiger partial charge in [0, 0.05) is 5.56 Å². The first-order chi connectivity index (χ1) is 6.68. The van der Waals surface area contributed by atoms with Crippen LogP contribution >= 0.6 is 0 Å². The fourth-order valence-electron chi connectivity index (χ4n) is 1.42. The minimum absolute atomic E-state index is 0.137. The summed E-state index contributed by atoms with van der Waals surface area (Å²) >= 11 is 0. The van der Waals surface area contributed by atoms with Crippen LogP contribution in [0.15, 0.2) is 36.4 Å². The van der Waals surface area contributed by atoms with Crippen molar-refractivity contribution in [1.82, 2.24) is 0 Å². The molecule has 14 heavy (non-hydrogen) atoms. The molecule has 0 heterocycles. The van der Waals surface area contributed by atoms with Gasteiger partial charge in [0.25, 0.3) is 0 Å². The molecule has 0 spiro atoms. The van der Waals surface area contributed by atoms with Gasteiger partial charge in [-0.2, -0.15) is 8.78 Å². The summed E-state index contributed by atoms with van der Waals surface area (Å²) in [5.74, 6) is -0.422. The zero-order valence-corrected chi connectivity index (χ0v) is 7.10. The van der Waals surface area contributed by atoms with Crippen molar-refractivity contribution in [3.63, 3.8) is 0 Å². The second kappa shape index (κ2) is 3.33. The Balaban J connectivity index is 2.75. The molecule has 0 aliphatic rings. The van der Waals surface area contributed by atoms with E-state index in [9.17, 15) is 13.2 Å². The fourth-order valence-corrected chi connectivity index (χ4v) is 1.42. The number of halogens is 3. The van der Waals surface area contributed by atoms with Crippen molar-refractivity contribution in [3.05, 3.63) is 54.2 Å². The Morgan fingerprint density at radius 1 is 1.00 bits per heavy atom. The van der Waals surface area contributed by atoms with Gasteiger partial charge in [0.1, 0.15) is 5.82 Å². The van der Waals surface area contributed by atoms with Crippen molar-refractivity contribution >= 4 is 10.8 Å². The van der Waals surface area contributed by atoms with Crippen LogP contribution in [0, 0.1) is 12.2 Å². The summed E-state index contributed by atoms with van der Waals surface area (Å²) in [6.07, 6.45) is -1.75. The van der Waals surface area contributed by atoms with Crippen molar-refractivity contribution in [2.45, 2.75) is 0 Å². The van der Waals surface area contributed by atoms with Gasteiger partial charge in [0.2, 0.25) is 0 Å². The number of rotatable bonds is 1. The van der Waals surface area contributed by atoms with Gasteiger partial charge < -0.3 is 0 Å². The summed E-state index contributed by atoms with van der Waals surface area (Å²) in [6, 6.07) is 8.17. The van der Waals surface area contributed by atoms with E-state index in [1.165, 1.54) is 30.3 Å². The molecule has 0 N–H and O–H groups in total. The smallest absolute Gasteiger partial charge is 0.207 e. The average Bonchev–Trinajstić information content (AvgIpc) is 2.16. The first-order valence-electron chi connectivity index (χ1n) is 4.05. The van der Waals surface area contributed by atoms with Crippen LogP contribution in [0.4, 0.5) is 13.2 Å². The van der Waals surface area contributed by atoms with Crippen LogP contribution in [0.1, 0.15) is 5.56 Å². The van der Waals surface area contributed by atoms with Crippen molar-refractivity contribution in [1.29, 1.82) is 0 Å². The number of benzene rings is 2. The standard InChI is InChI=1S/C11H6F3/c12-8-4-5-9-7(6-8)2-1-3-10(9)11(13)14/h1-6H. The molecule has 0 saturated carbocycles. The monoisotopic (exact) mass is 195 g/mol. The molecule has 2 aromatic rings. The van der Waals surface area contributed by atoms with E-state index in [2.05, 4.69) is 0 Å². The zero-order valence-electron chi connectivity index (χ0n) is 7.10. The molecular formula is C11H6F3. The summed E-state index contributed by atoms with van der Waals surface area (Å²) in [4.78, 5) is 0. The maximum Gasteiger partial charge on any atom is 0.340 e. The molecule has 0 aliphatic carbocycles. The van der Waals surface area contributed by atoms with E-state index in [1.807, 2.05) is 0 Å². The van der Waals surface area contributed by atoms with E-state index in [0.717, 1.165) is 0 Å². The van der Waals surface area contributed by atoms with E-state index in [0.29, 0.717) is 10.8 Å².